The Balaban J connectivity index is 1.86. The standard InChI is InChI=1S/C20H19FN4O3S/c1-25-19(14-6-9-22-10-7-14)18(13-2-4-15(21)5-3-13)24-20(25)29-12-16(26)23-11-8-17(27)28/h2-7,9-10H,8,11-12H2,1H3,(H,23,26)(H,27,28). The topological polar surface area (TPSA) is 97.1 Å². The second-order valence-electron chi connectivity index (χ2n) is 6.18. The van der Waals surface area contributed by atoms with E-state index in [9.17, 15) is 14.0 Å². The van der Waals surface area contributed by atoms with E-state index in [-0.39, 0.29) is 30.4 Å². The minimum atomic E-state index is -0.965. The minimum Gasteiger partial charge on any atom is -0.481 e. The number of aromatic nitrogens is 3. The van der Waals surface area contributed by atoms with Gasteiger partial charge in [-0.15, -0.1) is 0 Å². The van der Waals surface area contributed by atoms with Gasteiger partial charge in [0.25, 0.3) is 0 Å². The van der Waals surface area contributed by atoms with Crippen LogP contribution < -0.4 is 5.32 Å². The van der Waals surface area contributed by atoms with Gasteiger partial charge in [-0.1, -0.05) is 11.8 Å². The van der Waals surface area contributed by atoms with Gasteiger partial charge in [-0.05, 0) is 36.4 Å². The van der Waals surface area contributed by atoms with Crippen molar-refractivity contribution in [1.29, 1.82) is 0 Å². The van der Waals surface area contributed by atoms with Crippen LogP contribution in [0.1, 0.15) is 6.42 Å². The normalized spacial score (nSPS) is 10.7. The number of thioether (sulfide) groups is 1. The number of carbonyl (C=O) groups is 2. The second kappa shape index (κ2) is 9.33. The zero-order valence-corrected chi connectivity index (χ0v) is 16.4. The van der Waals surface area contributed by atoms with Gasteiger partial charge < -0.3 is 15.0 Å². The summed E-state index contributed by atoms with van der Waals surface area (Å²) in [6.07, 6.45) is 3.23. The van der Waals surface area contributed by atoms with Crippen LogP contribution in [-0.4, -0.2) is 43.8 Å². The highest BCUT2D eigenvalue weighted by atomic mass is 32.2. The van der Waals surface area contributed by atoms with Crippen LogP contribution in [0.2, 0.25) is 0 Å². The predicted molar refractivity (Wildman–Crippen MR) is 108 cm³/mol. The number of amides is 1. The number of hydrogen-bond acceptors (Lipinski definition) is 5. The van der Waals surface area contributed by atoms with E-state index in [0.29, 0.717) is 10.9 Å². The predicted octanol–water partition coefficient (Wildman–Crippen LogP) is 2.97. The molecule has 2 heterocycles. The second-order valence-corrected chi connectivity index (χ2v) is 7.12. The lowest BCUT2D eigenvalue weighted by atomic mass is 10.1. The van der Waals surface area contributed by atoms with Gasteiger partial charge in [0.1, 0.15) is 5.82 Å². The Morgan fingerprint density at radius 1 is 1.14 bits per heavy atom. The van der Waals surface area contributed by atoms with Gasteiger partial charge in [0.05, 0.1) is 23.6 Å². The first kappa shape index (κ1) is 20.5. The molecular formula is C20H19FN4O3S. The monoisotopic (exact) mass is 414 g/mol. The maximum Gasteiger partial charge on any atom is 0.305 e. The Hall–Kier alpha value is -3.20. The van der Waals surface area contributed by atoms with E-state index < -0.39 is 5.97 Å². The van der Waals surface area contributed by atoms with Gasteiger partial charge in [0.2, 0.25) is 5.91 Å². The molecule has 9 heteroatoms. The molecule has 0 atom stereocenters. The highest BCUT2D eigenvalue weighted by molar-refractivity contribution is 7.99. The first-order valence-electron chi connectivity index (χ1n) is 8.80. The molecule has 0 fully saturated rings. The summed E-state index contributed by atoms with van der Waals surface area (Å²) in [6, 6.07) is 9.80. The van der Waals surface area contributed by atoms with Crippen molar-refractivity contribution in [1.82, 2.24) is 19.9 Å². The van der Waals surface area contributed by atoms with E-state index in [2.05, 4.69) is 15.3 Å². The van der Waals surface area contributed by atoms with Crippen molar-refractivity contribution in [2.45, 2.75) is 11.6 Å². The Kier molecular flexibility index (Phi) is 6.61. The number of nitrogens with one attached hydrogen (secondary N) is 1. The lowest BCUT2D eigenvalue weighted by Crippen LogP contribution is -2.27. The molecule has 150 valence electrons. The average Bonchev–Trinajstić information content (AvgIpc) is 3.03. The van der Waals surface area contributed by atoms with Crippen LogP contribution >= 0.6 is 11.8 Å². The molecule has 0 spiro atoms. The number of imidazole rings is 1. The van der Waals surface area contributed by atoms with Crippen molar-refractivity contribution in [3.8, 4) is 22.5 Å². The van der Waals surface area contributed by atoms with Crippen molar-refractivity contribution >= 4 is 23.6 Å². The summed E-state index contributed by atoms with van der Waals surface area (Å²) in [5.74, 6) is -1.47. The zero-order chi connectivity index (χ0) is 20.8. The number of benzene rings is 1. The van der Waals surface area contributed by atoms with Crippen molar-refractivity contribution in [3.05, 3.63) is 54.6 Å². The van der Waals surface area contributed by atoms with Gasteiger partial charge >= 0.3 is 5.97 Å². The summed E-state index contributed by atoms with van der Waals surface area (Å²) in [7, 11) is 1.85. The quantitative estimate of drug-likeness (QED) is 0.550. The summed E-state index contributed by atoms with van der Waals surface area (Å²) >= 11 is 1.24. The molecule has 0 radical (unpaired) electrons. The molecule has 0 saturated heterocycles. The first-order valence-corrected chi connectivity index (χ1v) is 9.78. The fraction of sp³-hybridized carbons (Fsp3) is 0.200. The number of carboxylic acid groups (broad SMARTS) is 1. The fourth-order valence-corrected chi connectivity index (χ4v) is 3.55. The summed E-state index contributed by atoms with van der Waals surface area (Å²) in [5, 5.41) is 11.8. The first-order chi connectivity index (χ1) is 14.0. The van der Waals surface area contributed by atoms with Crippen molar-refractivity contribution in [3.63, 3.8) is 0 Å². The number of carbonyl (C=O) groups excluding carboxylic acids is 1. The molecule has 3 rings (SSSR count). The van der Waals surface area contributed by atoms with Crippen molar-refractivity contribution in [2.75, 3.05) is 12.3 Å². The molecule has 0 unspecified atom stereocenters. The maximum absolute atomic E-state index is 13.4. The maximum atomic E-state index is 13.4. The summed E-state index contributed by atoms with van der Waals surface area (Å²) < 4.78 is 15.2. The largest absolute Gasteiger partial charge is 0.481 e. The van der Waals surface area contributed by atoms with E-state index in [1.165, 1.54) is 23.9 Å². The number of rotatable bonds is 8. The van der Waals surface area contributed by atoms with Crippen LogP contribution in [0.4, 0.5) is 4.39 Å². The molecule has 29 heavy (non-hydrogen) atoms. The molecule has 1 amide bonds. The van der Waals surface area contributed by atoms with Gasteiger partial charge in [-0.2, -0.15) is 0 Å². The highest BCUT2D eigenvalue weighted by Gasteiger charge is 2.19. The molecule has 2 N–H and O–H groups in total. The number of hydrogen-bond donors (Lipinski definition) is 2. The van der Waals surface area contributed by atoms with Crippen LogP contribution in [0.15, 0.2) is 53.9 Å². The van der Waals surface area contributed by atoms with E-state index in [1.807, 2.05) is 23.7 Å². The summed E-state index contributed by atoms with van der Waals surface area (Å²) in [6.45, 7) is 0.0817. The smallest absolute Gasteiger partial charge is 0.305 e. The van der Waals surface area contributed by atoms with Crippen LogP contribution in [-0.2, 0) is 16.6 Å². The molecule has 0 aliphatic carbocycles. The lowest BCUT2D eigenvalue weighted by molar-refractivity contribution is -0.136. The SMILES string of the molecule is Cn1c(SCC(=O)NCCC(=O)O)nc(-c2ccc(F)cc2)c1-c1ccncc1. The molecule has 0 bridgehead atoms. The van der Waals surface area contributed by atoms with Gasteiger partial charge in [-0.3, -0.25) is 14.6 Å². The van der Waals surface area contributed by atoms with E-state index >= 15 is 0 Å². The molecule has 3 aromatic rings. The molecule has 0 saturated carbocycles. The number of pyridine rings is 1. The van der Waals surface area contributed by atoms with Gasteiger partial charge in [0.15, 0.2) is 5.16 Å². The number of nitrogens with zero attached hydrogens (tertiary/aromatic N) is 3. The Morgan fingerprint density at radius 2 is 1.83 bits per heavy atom. The molecule has 7 nitrogen and oxygen atoms in total. The van der Waals surface area contributed by atoms with Gasteiger partial charge in [0, 0.05) is 37.1 Å². The van der Waals surface area contributed by atoms with E-state index in [1.54, 1.807) is 24.5 Å². The van der Waals surface area contributed by atoms with Gasteiger partial charge in [-0.25, -0.2) is 9.37 Å². The number of halogens is 1. The van der Waals surface area contributed by atoms with Crippen molar-refractivity contribution < 1.29 is 19.1 Å². The third-order valence-corrected chi connectivity index (χ3v) is 5.15. The highest BCUT2D eigenvalue weighted by Crippen LogP contribution is 2.34. The van der Waals surface area contributed by atoms with Crippen molar-refractivity contribution in [2.24, 2.45) is 7.05 Å². The Morgan fingerprint density at radius 3 is 2.48 bits per heavy atom. The third-order valence-electron chi connectivity index (χ3n) is 4.12. The molecule has 0 aliphatic heterocycles. The Bertz CT molecular complexity index is 1010. The minimum absolute atomic E-state index is 0.0817. The van der Waals surface area contributed by atoms with E-state index in [4.69, 9.17) is 5.11 Å². The molecule has 1 aromatic carbocycles. The van der Waals surface area contributed by atoms with Crippen LogP contribution in [0, 0.1) is 5.82 Å². The molecular weight excluding hydrogens is 395 g/mol. The third kappa shape index (κ3) is 5.20. The zero-order valence-electron chi connectivity index (χ0n) is 15.6. The summed E-state index contributed by atoms with van der Waals surface area (Å²) in [5.41, 5.74) is 3.15. The van der Waals surface area contributed by atoms with Crippen LogP contribution in [0.5, 0.6) is 0 Å². The summed E-state index contributed by atoms with van der Waals surface area (Å²) in [4.78, 5) is 31.2. The lowest BCUT2D eigenvalue weighted by Gasteiger charge is -2.08. The Labute approximate surface area is 171 Å². The molecule has 0 aliphatic rings. The average molecular weight is 414 g/mol. The van der Waals surface area contributed by atoms with Crippen LogP contribution in [0.3, 0.4) is 0 Å². The number of carboxylic acids is 1. The fourth-order valence-electron chi connectivity index (χ4n) is 2.75. The van der Waals surface area contributed by atoms with E-state index in [0.717, 1.165) is 16.8 Å². The number of aliphatic carboxylic acids is 1. The van der Waals surface area contributed by atoms with Crippen LogP contribution in [0.25, 0.3) is 22.5 Å². The molecule has 2 aromatic heterocycles.